The van der Waals surface area contributed by atoms with E-state index in [1.165, 1.54) is 16.9 Å². The minimum absolute atomic E-state index is 0.0847. The molecule has 29 heavy (non-hydrogen) atoms. The molecule has 1 aliphatic carbocycles. The van der Waals surface area contributed by atoms with Crippen molar-refractivity contribution < 1.29 is 9.53 Å². The second-order valence-electron chi connectivity index (χ2n) is 7.66. The molecule has 2 aromatic heterocycles. The number of fused-ring (bicyclic) bond motifs is 1. The Labute approximate surface area is 169 Å². The molecule has 3 aromatic rings. The molecule has 2 heterocycles. The maximum Gasteiger partial charge on any atom is 0.258 e. The molecular formula is C23H25N3O3. The number of nitrogens with zero attached hydrogens (tertiary/aromatic N) is 2. The summed E-state index contributed by atoms with van der Waals surface area (Å²) in [5.41, 5.74) is 2.79. The van der Waals surface area contributed by atoms with Crippen molar-refractivity contribution in [2.24, 2.45) is 5.92 Å². The first-order valence-corrected chi connectivity index (χ1v) is 10.1. The zero-order valence-electron chi connectivity index (χ0n) is 16.6. The largest absolute Gasteiger partial charge is 0.487 e. The number of carbonyl (C=O) groups excluding carboxylic acids is 1. The van der Waals surface area contributed by atoms with E-state index >= 15 is 0 Å². The molecule has 6 nitrogen and oxygen atoms in total. The summed E-state index contributed by atoms with van der Waals surface area (Å²) in [6, 6.07) is 12.6. The van der Waals surface area contributed by atoms with Crippen LogP contribution in [0.1, 0.15) is 43.4 Å². The lowest BCUT2D eigenvalue weighted by molar-refractivity contribution is -0.120. The van der Waals surface area contributed by atoms with Crippen LogP contribution in [0.2, 0.25) is 0 Å². The van der Waals surface area contributed by atoms with Crippen molar-refractivity contribution >= 4 is 17.2 Å². The van der Waals surface area contributed by atoms with E-state index in [0.29, 0.717) is 17.1 Å². The SMILES string of the molecule is Cc1ccn2c(=O)cc(COc3cccc(NC(=O)C4CCCCC4)c3)nc2c1. The summed E-state index contributed by atoms with van der Waals surface area (Å²) >= 11 is 0. The molecule has 1 aromatic carbocycles. The first-order chi connectivity index (χ1) is 14.1. The lowest BCUT2D eigenvalue weighted by Gasteiger charge is -2.20. The lowest BCUT2D eigenvalue weighted by atomic mass is 9.88. The molecule has 1 amide bonds. The zero-order chi connectivity index (χ0) is 20.2. The number of ether oxygens (including phenoxy) is 1. The van der Waals surface area contributed by atoms with Crippen LogP contribution in [0.15, 0.2) is 53.5 Å². The van der Waals surface area contributed by atoms with Crippen LogP contribution in [-0.2, 0) is 11.4 Å². The molecule has 1 N–H and O–H groups in total. The van der Waals surface area contributed by atoms with Crippen LogP contribution in [0.4, 0.5) is 5.69 Å². The van der Waals surface area contributed by atoms with Crippen LogP contribution < -0.4 is 15.6 Å². The van der Waals surface area contributed by atoms with Crippen LogP contribution in [0, 0.1) is 12.8 Å². The monoisotopic (exact) mass is 391 g/mol. The van der Waals surface area contributed by atoms with Crippen molar-refractivity contribution in [1.29, 1.82) is 0 Å². The average molecular weight is 391 g/mol. The number of anilines is 1. The Balaban J connectivity index is 1.44. The second-order valence-corrected chi connectivity index (χ2v) is 7.66. The third-order valence-electron chi connectivity index (χ3n) is 5.34. The molecule has 0 unspecified atom stereocenters. The second kappa shape index (κ2) is 8.47. The van der Waals surface area contributed by atoms with Gasteiger partial charge >= 0.3 is 0 Å². The minimum atomic E-state index is -0.137. The van der Waals surface area contributed by atoms with Crippen LogP contribution in [-0.4, -0.2) is 15.3 Å². The molecule has 0 radical (unpaired) electrons. The quantitative estimate of drug-likeness (QED) is 0.711. The molecule has 150 valence electrons. The van der Waals surface area contributed by atoms with Crippen LogP contribution in [0.5, 0.6) is 5.75 Å². The maximum atomic E-state index is 12.4. The number of aromatic nitrogens is 2. The summed E-state index contributed by atoms with van der Waals surface area (Å²) in [7, 11) is 0. The topological polar surface area (TPSA) is 72.7 Å². The first-order valence-electron chi connectivity index (χ1n) is 10.1. The maximum absolute atomic E-state index is 12.4. The van der Waals surface area contributed by atoms with E-state index in [4.69, 9.17) is 4.74 Å². The third-order valence-corrected chi connectivity index (χ3v) is 5.34. The van der Waals surface area contributed by atoms with Gasteiger partial charge in [-0.2, -0.15) is 0 Å². The number of hydrogen-bond acceptors (Lipinski definition) is 4. The number of amides is 1. The van der Waals surface area contributed by atoms with Gasteiger partial charge in [0, 0.05) is 29.9 Å². The fourth-order valence-corrected chi connectivity index (χ4v) is 3.76. The summed E-state index contributed by atoms with van der Waals surface area (Å²) in [4.78, 5) is 29.2. The molecule has 1 saturated carbocycles. The summed E-state index contributed by atoms with van der Waals surface area (Å²) in [6.07, 6.45) is 7.12. The molecule has 0 spiro atoms. The van der Waals surface area contributed by atoms with Gasteiger partial charge in [-0.05, 0) is 49.6 Å². The van der Waals surface area contributed by atoms with Gasteiger partial charge in [0.15, 0.2) is 0 Å². The van der Waals surface area contributed by atoms with E-state index in [0.717, 1.165) is 36.9 Å². The Morgan fingerprint density at radius 1 is 1.17 bits per heavy atom. The van der Waals surface area contributed by atoms with Crippen LogP contribution >= 0.6 is 0 Å². The Hall–Kier alpha value is -3.15. The van der Waals surface area contributed by atoms with Crippen molar-refractivity contribution in [1.82, 2.24) is 9.38 Å². The lowest BCUT2D eigenvalue weighted by Crippen LogP contribution is -2.24. The van der Waals surface area contributed by atoms with Gasteiger partial charge in [0.25, 0.3) is 5.56 Å². The van der Waals surface area contributed by atoms with E-state index in [2.05, 4.69) is 10.3 Å². The normalized spacial score (nSPS) is 14.7. The number of rotatable bonds is 5. The van der Waals surface area contributed by atoms with E-state index in [1.54, 1.807) is 12.3 Å². The van der Waals surface area contributed by atoms with Gasteiger partial charge in [-0.15, -0.1) is 0 Å². The molecule has 0 aliphatic heterocycles. The Bertz CT molecular complexity index is 1080. The van der Waals surface area contributed by atoms with Crippen LogP contribution in [0.25, 0.3) is 5.65 Å². The average Bonchev–Trinajstić information content (AvgIpc) is 2.73. The highest BCUT2D eigenvalue weighted by atomic mass is 16.5. The van der Waals surface area contributed by atoms with Gasteiger partial charge in [0.1, 0.15) is 18.0 Å². The Morgan fingerprint density at radius 2 is 2.00 bits per heavy atom. The van der Waals surface area contributed by atoms with Gasteiger partial charge in [-0.25, -0.2) is 4.98 Å². The van der Waals surface area contributed by atoms with Crippen molar-refractivity contribution in [2.45, 2.75) is 45.6 Å². The number of aryl methyl sites for hydroxylation is 1. The molecule has 1 fully saturated rings. The van der Waals surface area contributed by atoms with Crippen LogP contribution in [0.3, 0.4) is 0 Å². The number of benzene rings is 1. The highest BCUT2D eigenvalue weighted by Gasteiger charge is 2.21. The highest BCUT2D eigenvalue weighted by Crippen LogP contribution is 2.26. The fraction of sp³-hybridized carbons (Fsp3) is 0.348. The summed E-state index contributed by atoms with van der Waals surface area (Å²) in [5, 5.41) is 3.00. The summed E-state index contributed by atoms with van der Waals surface area (Å²) in [5.74, 6) is 0.811. The van der Waals surface area contributed by atoms with Gasteiger partial charge in [-0.1, -0.05) is 25.3 Å². The van der Waals surface area contributed by atoms with E-state index in [-0.39, 0.29) is 24.0 Å². The predicted octanol–water partition coefficient (Wildman–Crippen LogP) is 4.10. The Morgan fingerprint density at radius 3 is 2.83 bits per heavy atom. The number of pyridine rings is 1. The molecule has 4 rings (SSSR count). The summed E-state index contributed by atoms with van der Waals surface area (Å²) < 4.78 is 7.34. The van der Waals surface area contributed by atoms with Gasteiger partial charge in [0.05, 0.1) is 5.69 Å². The Kier molecular flexibility index (Phi) is 5.60. The van der Waals surface area contributed by atoms with Crippen molar-refractivity contribution in [3.8, 4) is 5.75 Å². The summed E-state index contributed by atoms with van der Waals surface area (Å²) in [6.45, 7) is 2.14. The van der Waals surface area contributed by atoms with Crippen molar-refractivity contribution in [3.05, 3.63) is 70.3 Å². The molecule has 6 heteroatoms. The van der Waals surface area contributed by atoms with Crippen molar-refractivity contribution in [2.75, 3.05) is 5.32 Å². The predicted molar refractivity (Wildman–Crippen MR) is 112 cm³/mol. The highest BCUT2D eigenvalue weighted by molar-refractivity contribution is 5.92. The number of nitrogens with one attached hydrogen (secondary N) is 1. The zero-order valence-corrected chi connectivity index (χ0v) is 16.6. The first kappa shape index (κ1) is 19.2. The van der Waals surface area contributed by atoms with Gasteiger partial charge in [-0.3, -0.25) is 14.0 Å². The molecule has 0 saturated heterocycles. The molecular weight excluding hydrogens is 366 g/mol. The standard InChI is InChI=1S/C23H25N3O3/c1-16-10-11-26-21(12-16)24-19(14-22(26)27)15-29-20-9-5-8-18(13-20)25-23(28)17-6-3-2-4-7-17/h5,8-14,17H,2-4,6-7,15H2,1H3,(H,25,28). The number of hydrogen-bond donors (Lipinski definition) is 1. The fourth-order valence-electron chi connectivity index (χ4n) is 3.76. The molecule has 0 atom stereocenters. The van der Waals surface area contributed by atoms with E-state index in [9.17, 15) is 9.59 Å². The van der Waals surface area contributed by atoms with E-state index in [1.807, 2.05) is 37.3 Å². The minimum Gasteiger partial charge on any atom is -0.487 e. The smallest absolute Gasteiger partial charge is 0.258 e. The molecule has 1 aliphatic rings. The van der Waals surface area contributed by atoms with E-state index < -0.39 is 0 Å². The van der Waals surface area contributed by atoms with Crippen molar-refractivity contribution in [3.63, 3.8) is 0 Å². The van der Waals surface area contributed by atoms with Gasteiger partial charge in [0.2, 0.25) is 5.91 Å². The van der Waals surface area contributed by atoms with Gasteiger partial charge < -0.3 is 10.1 Å². The number of carbonyl (C=O) groups is 1. The molecule has 0 bridgehead atoms. The third kappa shape index (κ3) is 4.65.